The monoisotopic (exact) mass is 1010 g/mol. The molecule has 0 rings (SSSR count). The molecule has 6 heteroatoms. The molecule has 0 spiro atoms. The van der Waals surface area contributed by atoms with Gasteiger partial charge >= 0.3 is 5.97 Å². The lowest BCUT2D eigenvalue weighted by Gasteiger charge is -2.20. The van der Waals surface area contributed by atoms with E-state index >= 15 is 0 Å². The van der Waals surface area contributed by atoms with Crippen LogP contribution in [-0.2, 0) is 14.3 Å². The second-order valence-electron chi connectivity index (χ2n) is 21.7. The Hall–Kier alpha value is -2.18. The number of rotatable bonds is 59. The molecule has 6 nitrogen and oxygen atoms in total. The lowest BCUT2D eigenvalue weighted by molar-refractivity contribution is -0.143. The lowest BCUT2D eigenvalue weighted by Crippen LogP contribution is -2.45. The molecule has 0 bridgehead atoms. The molecule has 1 amide bonds. The maximum atomic E-state index is 12.4. The van der Waals surface area contributed by atoms with Crippen LogP contribution in [0.3, 0.4) is 0 Å². The Labute approximate surface area is 448 Å². The molecule has 3 N–H and O–H groups in total. The summed E-state index contributed by atoms with van der Waals surface area (Å²) in [6.45, 7) is 4.87. The third-order valence-corrected chi connectivity index (χ3v) is 14.6. The maximum Gasteiger partial charge on any atom is 0.305 e. The van der Waals surface area contributed by atoms with E-state index in [4.69, 9.17) is 4.74 Å². The zero-order valence-corrected chi connectivity index (χ0v) is 48.2. The van der Waals surface area contributed by atoms with Gasteiger partial charge in [-0.05, 0) is 89.9 Å². The first kappa shape index (κ1) is 69.8. The van der Waals surface area contributed by atoms with Crippen molar-refractivity contribution in [2.45, 2.75) is 347 Å². The second-order valence-corrected chi connectivity index (χ2v) is 21.7. The molecule has 0 aliphatic rings. The van der Waals surface area contributed by atoms with E-state index in [9.17, 15) is 19.8 Å². The summed E-state index contributed by atoms with van der Waals surface area (Å²) in [4.78, 5) is 24.5. The summed E-state index contributed by atoms with van der Waals surface area (Å²) in [5.74, 6) is -0.0633. The van der Waals surface area contributed by atoms with Crippen molar-refractivity contribution in [3.8, 4) is 0 Å². The molecular formula is C66H123NO5. The molecule has 422 valence electrons. The van der Waals surface area contributed by atoms with Crippen LogP contribution in [0.1, 0.15) is 335 Å². The fourth-order valence-electron chi connectivity index (χ4n) is 9.66. The van der Waals surface area contributed by atoms with E-state index in [1.165, 1.54) is 257 Å². The van der Waals surface area contributed by atoms with Crippen molar-refractivity contribution >= 4 is 11.9 Å². The number of esters is 1. The van der Waals surface area contributed by atoms with Gasteiger partial charge in [0.1, 0.15) is 0 Å². The van der Waals surface area contributed by atoms with E-state index in [2.05, 4.69) is 55.6 Å². The molecule has 0 saturated heterocycles. The summed E-state index contributed by atoms with van der Waals surface area (Å²) < 4.78 is 5.50. The first-order chi connectivity index (χ1) is 35.5. The quantitative estimate of drug-likeness (QED) is 0.0320. The van der Waals surface area contributed by atoms with Crippen LogP contribution in [0.5, 0.6) is 0 Å². The fourth-order valence-corrected chi connectivity index (χ4v) is 9.66. The number of carbonyl (C=O) groups is 2. The van der Waals surface area contributed by atoms with Gasteiger partial charge in [-0.2, -0.15) is 0 Å². The summed E-state index contributed by atoms with van der Waals surface area (Å²) >= 11 is 0. The first-order valence-electron chi connectivity index (χ1n) is 31.9. The number of hydrogen-bond donors (Lipinski definition) is 3. The van der Waals surface area contributed by atoms with Crippen LogP contribution < -0.4 is 5.32 Å². The zero-order valence-electron chi connectivity index (χ0n) is 48.2. The van der Waals surface area contributed by atoms with Gasteiger partial charge in [0.05, 0.1) is 25.4 Å². The molecule has 0 aromatic carbocycles. The highest BCUT2D eigenvalue weighted by Crippen LogP contribution is 2.17. The minimum Gasteiger partial charge on any atom is -0.466 e. The lowest BCUT2D eigenvalue weighted by atomic mass is 10.0. The van der Waals surface area contributed by atoms with Crippen LogP contribution >= 0.6 is 0 Å². The molecule has 0 heterocycles. The van der Waals surface area contributed by atoms with Gasteiger partial charge in [-0.25, -0.2) is 0 Å². The highest BCUT2D eigenvalue weighted by Gasteiger charge is 2.18. The number of carbonyl (C=O) groups excluding carboxylic acids is 2. The van der Waals surface area contributed by atoms with Crippen LogP contribution in [0.4, 0.5) is 0 Å². The van der Waals surface area contributed by atoms with Crippen LogP contribution in [0.2, 0.25) is 0 Å². The summed E-state index contributed by atoms with van der Waals surface area (Å²) in [5.41, 5.74) is 0. The number of aliphatic hydroxyl groups excluding tert-OH is 2. The smallest absolute Gasteiger partial charge is 0.305 e. The molecule has 72 heavy (non-hydrogen) atoms. The van der Waals surface area contributed by atoms with E-state index in [1.807, 2.05) is 6.08 Å². The minimum atomic E-state index is -0.845. The molecule has 0 aromatic rings. The van der Waals surface area contributed by atoms with Gasteiger partial charge in [-0.1, -0.05) is 281 Å². The molecule has 2 unspecified atom stereocenters. The van der Waals surface area contributed by atoms with E-state index < -0.39 is 12.1 Å². The van der Waals surface area contributed by atoms with Crippen LogP contribution in [0.25, 0.3) is 0 Å². The largest absolute Gasteiger partial charge is 0.466 e. The average Bonchev–Trinajstić information content (AvgIpc) is 3.38. The molecule has 0 radical (unpaired) electrons. The number of allylic oxidation sites excluding steroid dienone is 7. The molecule has 0 aliphatic carbocycles. The fraction of sp³-hybridized carbons (Fsp3) is 0.848. The van der Waals surface area contributed by atoms with E-state index in [-0.39, 0.29) is 18.5 Å². The topological polar surface area (TPSA) is 95.9 Å². The van der Waals surface area contributed by atoms with Crippen LogP contribution in [0.15, 0.2) is 48.6 Å². The molecule has 0 aromatic heterocycles. The van der Waals surface area contributed by atoms with Gasteiger partial charge in [-0.3, -0.25) is 9.59 Å². The Balaban J connectivity index is 3.39. The summed E-state index contributed by atoms with van der Waals surface area (Å²) in [7, 11) is 0. The van der Waals surface area contributed by atoms with E-state index in [0.717, 1.165) is 51.4 Å². The van der Waals surface area contributed by atoms with Crippen molar-refractivity contribution in [3.63, 3.8) is 0 Å². The number of ether oxygens (including phenoxy) is 1. The van der Waals surface area contributed by atoms with E-state index in [0.29, 0.717) is 19.4 Å². The summed E-state index contributed by atoms with van der Waals surface area (Å²) in [6.07, 6.45) is 78.8. The number of amides is 1. The van der Waals surface area contributed by atoms with Gasteiger partial charge in [-0.15, -0.1) is 0 Å². The van der Waals surface area contributed by atoms with Gasteiger partial charge in [0.25, 0.3) is 0 Å². The van der Waals surface area contributed by atoms with Crippen LogP contribution in [-0.4, -0.2) is 47.4 Å². The molecule has 0 fully saturated rings. The Bertz CT molecular complexity index is 1210. The third kappa shape index (κ3) is 57.1. The molecule has 0 saturated carbocycles. The highest BCUT2D eigenvalue weighted by molar-refractivity contribution is 5.76. The zero-order chi connectivity index (χ0) is 52.2. The van der Waals surface area contributed by atoms with Crippen molar-refractivity contribution in [1.82, 2.24) is 5.32 Å². The van der Waals surface area contributed by atoms with Gasteiger partial charge in [0, 0.05) is 12.8 Å². The van der Waals surface area contributed by atoms with Crippen molar-refractivity contribution < 1.29 is 24.5 Å². The number of nitrogens with one attached hydrogen (secondary N) is 1. The molecular weight excluding hydrogens is 887 g/mol. The number of hydrogen-bond acceptors (Lipinski definition) is 5. The van der Waals surface area contributed by atoms with E-state index in [1.54, 1.807) is 6.08 Å². The SMILES string of the molecule is CCCCC/C=C\C/C=C\CCCCCCCCCCCC(=O)OCCCCCCCCCCCCCC/C=C\CCCCCCCCCCCC(=O)NC(CO)C(O)/C=C/CCCCCCCCCCC. The molecule has 2 atom stereocenters. The Morgan fingerprint density at radius 1 is 0.389 bits per heavy atom. The first-order valence-corrected chi connectivity index (χ1v) is 31.9. The summed E-state index contributed by atoms with van der Waals surface area (Å²) in [5, 5.41) is 23.0. The van der Waals surface area contributed by atoms with Gasteiger partial charge < -0.3 is 20.3 Å². The average molecular weight is 1010 g/mol. The second kappa shape index (κ2) is 61.4. The van der Waals surface area contributed by atoms with Crippen LogP contribution in [0, 0.1) is 0 Å². The standard InChI is InChI=1S/C66H123NO5/c1-3-5-7-9-11-13-15-16-17-18-26-30-33-36-40-44-48-52-56-60-66(71)72-61-57-53-49-45-41-37-34-31-28-25-23-21-19-20-22-24-27-29-32-35-39-43-47-51-55-59-65(70)67-63(62-68)64(69)58-54-50-46-42-38-14-12-10-8-6-4-2/h11,13,16-17,20,22,54,58,63-64,68-69H,3-10,12,14-15,18-19,21,23-53,55-57,59-62H2,1-2H3,(H,67,70)/b13-11-,17-16-,22-20-,58-54+. The molecule has 0 aliphatic heterocycles. The predicted octanol–water partition coefficient (Wildman–Crippen LogP) is 20.1. The van der Waals surface area contributed by atoms with Gasteiger partial charge in [0.2, 0.25) is 5.91 Å². The normalized spacial score (nSPS) is 12.9. The van der Waals surface area contributed by atoms with Crippen molar-refractivity contribution in [2.24, 2.45) is 0 Å². The van der Waals surface area contributed by atoms with Crippen molar-refractivity contribution in [3.05, 3.63) is 48.6 Å². The Kier molecular flexibility index (Phi) is 59.5. The minimum absolute atomic E-state index is 0.00894. The van der Waals surface area contributed by atoms with Gasteiger partial charge in [0.15, 0.2) is 0 Å². The Morgan fingerprint density at radius 2 is 0.694 bits per heavy atom. The number of unbranched alkanes of at least 4 members (excludes halogenated alkanes) is 42. The number of aliphatic hydroxyl groups is 2. The van der Waals surface area contributed by atoms with Crippen molar-refractivity contribution in [1.29, 1.82) is 0 Å². The summed E-state index contributed by atoms with van der Waals surface area (Å²) in [6, 6.07) is -0.629. The van der Waals surface area contributed by atoms with Crippen molar-refractivity contribution in [2.75, 3.05) is 13.2 Å². The predicted molar refractivity (Wildman–Crippen MR) is 315 cm³/mol. The highest BCUT2D eigenvalue weighted by atomic mass is 16.5. The third-order valence-electron chi connectivity index (χ3n) is 14.6. The Morgan fingerprint density at radius 3 is 1.10 bits per heavy atom. The maximum absolute atomic E-state index is 12.4.